The molecule has 0 fully saturated rings. The highest BCUT2D eigenvalue weighted by molar-refractivity contribution is 5.94. The molecule has 6 nitrogen and oxygen atoms in total. The van der Waals surface area contributed by atoms with Gasteiger partial charge in [0.1, 0.15) is 0 Å². The van der Waals surface area contributed by atoms with Crippen molar-refractivity contribution in [3.8, 4) is 0 Å². The predicted molar refractivity (Wildman–Crippen MR) is 116 cm³/mol. The van der Waals surface area contributed by atoms with Crippen LogP contribution in [0.5, 0.6) is 0 Å². The number of nitrogens with one attached hydrogen (secondary N) is 3. The van der Waals surface area contributed by atoms with Gasteiger partial charge in [0.25, 0.3) is 5.91 Å². The molecule has 0 radical (unpaired) electrons. The molecule has 0 aliphatic heterocycles. The Labute approximate surface area is 170 Å². The van der Waals surface area contributed by atoms with E-state index in [2.05, 4.69) is 16.0 Å². The summed E-state index contributed by atoms with van der Waals surface area (Å²) in [5.41, 5.74) is 0.714. The first-order valence-electron chi connectivity index (χ1n) is 9.80. The highest BCUT2D eigenvalue weighted by Crippen LogP contribution is 1.98. The third kappa shape index (κ3) is 18.4. The average Bonchev–Trinajstić information content (AvgIpc) is 2.54. The van der Waals surface area contributed by atoms with Crippen LogP contribution in [0.4, 0.5) is 0 Å². The summed E-state index contributed by atoms with van der Waals surface area (Å²) in [7, 11) is 0. The summed E-state index contributed by atoms with van der Waals surface area (Å²) in [6.07, 6.45) is 0. The van der Waals surface area contributed by atoms with Crippen LogP contribution in [0.2, 0.25) is 0 Å². The molecule has 0 spiro atoms. The SMILES string of the molecule is CC(=O)NC(C)C.CC(C)NC(=O)C(C)C.CC(C)NC(=O)c1ccccc1. The van der Waals surface area contributed by atoms with Crippen molar-refractivity contribution in [2.45, 2.75) is 80.4 Å². The Morgan fingerprint density at radius 1 is 0.679 bits per heavy atom. The standard InChI is InChI=1S/C10H13NO.C7H15NO.C5H11NO/c1-8(2)11-10(12)9-6-4-3-5-7-9;1-5(2)7(9)8-6(3)4;1-4(2)6-5(3)7/h3-8H,1-2H3,(H,11,12);5-6H,1-4H3,(H,8,9);4H,1-3H3,(H,6,7). The summed E-state index contributed by atoms with van der Waals surface area (Å²) in [6, 6.07) is 9.95. The summed E-state index contributed by atoms with van der Waals surface area (Å²) in [4.78, 5) is 32.3. The summed E-state index contributed by atoms with van der Waals surface area (Å²) >= 11 is 0. The summed E-state index contributed by atoms with van der Waals surface area (Å²) in [5, 5.41) is 8.29. The van der Waals surface area contributed by atoms with E-state index in [0.717, 1.165) is 0 Å². The van der Waals surface area contributed by atoms with E-state index in [0.29, 0.717) is 5.56 Å². The Kier molecular flexibility index (Phi) is 15.6. The molecule has 0 atom stereocenters. The Balaban J connectivity index is 0. The minimum Gasteiger partial charge on any atom is -0.354 e. The lowest BCUT2D eigenvalue weighted by molar-refractivity contribution is -0.124. The minimum absolute atomic E-state index is 0.00870. The fraction of sp³-hybridized carbons (Fsp3) is 0.591. The summed E-state index contributed by atoms with van der Waals surface area (Å²) in [6.45, 7) is 17.0. The van der Waals surface area contributed by atoms with Gasteiger partial charge in [-0.05, 0) is 53.7 Å². The van der Waals surface area contributed by atoms with Crippen molar-refractivity contribution in [3.05, 3.63) is 35.9 Å². The number of carbonyl (C=O) groups excluding carboxylic acids is 3. The Morgan fingerprint density at radius 3 is 1.36 bits per heavy atom. The smallest absolute Gasteiger partial charge is 0.251 e. The molecule has 28 heavy (non-hydrogen) atoms. The van der Waals surface area contributed by atoms with Crippen LogP contribution in [0.25, 0.3) is 0 Å². The van der Waals surface area contributed by atoms with Crippen molar-refractivity contribution in [2.24, 2.45) is 5.92 Å². The number of hydrogen-bond acceptors (Lipinski definition) is 3. The van der Waals surface area contributed by atoms with E-state index in [9.17, 15) is 14.4 Å². The molecule has 0 aliphatic carbocycles. The maximum atomic E-state index is 11.3. The third-order valence-electron chi connectivity index (χ3n) is 2.90. The van der Waals surface area contributed by atoms with Crippen LogP contribution in [-0.4, -0.2) is 35.8 Å². The van der Waals surface area contributed by atoms with Gasteiger partial charge in [-0.3, -0.25) is 14.4 Å². The molecule has 6 heteroatoms. The van der Waals surface area contributed by atoms with Gasteiger partial charge in [-0.2, -0.15) is 0 Å². The Morgan fingerprint density at radius 2 is 1.11 bits per heavy atom. The van der Waals surface area contributed by atoms with Crippen LogP contribution in [0.3, 0.4) is 0 Å². The topological polar surface area (TPSA) is 87.3 Å². The first-order chi connectivity index (χ1) is 12.9. The number of rotatable bonds is 5. The molecule has 0 heterocycles. The molecule has 1 rings (SSSR count). The van der Waals surface area contributed by atoms with Gasteiger partial charge < -0.3 is 16.0 Å². The van der Waals surface area contributed by atoms with Crippen molar-refractivity contribution < 1.29 is 14.4 Å². The van der Waals surface area contributed by atoms with Crippen LogP contribution in [0.1, 0.15) is 72.7 Å². The van der Waals surface area contributed by atoms with Gasteiger partial charge in [-0.25, -0.2) is 0 Å². The molecule has 160 valence electrons. The maximum absolute atomic E-state index is 11.3. The van der Waals surface area contributed by atoms with Gasteiger partial charge in [0.15, 0.2) is 0 Å². The molecule has 3 N–H and O–H groups in total. The molecule has 1 aromatic rings. The number of benzene rings is 1. The highest BCUT2D eigenvalue weighted by Gasteiger charge is 2.06. The van der Waals surface area contributed by atoms with Crippen LogP contribution in [0, 0.1) is 5.92 Å². The molecule has 3 amide bonds. The van der Waals surface area contributed by atoms with Crippen LogP contribution >= 0.6 is 0 Å². The van der Waals surface area contributed by atoms with E-state index < -0.39 is 0 Å². The zero-order valence-electron chi connectivity index (χ0n) is 18.9. The van der Waals surface area contributed by atoms with Crippen LogP contribution in [0.15, 0.2) is 30.3 Å². The zero-order valence-corrected chi connectivity index (χ0v) is 18.9. The van der Waals surface area contributed by atoms with E-state index >= 15 is 0 Å². The Bertz CT molecular complexity index is 568. The quantitative estimate of drug-likeness (QED) is 0.715. The second kappa shape index (κ2) is 15.7. The van der Waals surface area contributed by atoms with Crippen LogP contribution < -0.4 is 16.0 Å². The number of amides is 3. The molecule has 0 bridgehead atoms. The zero-order chi connectivity index (χ0) is 22.3. The fourth-order valence-electron chi connectivity index (χ4n) is 1.79. The molecule has 0 saturated carbocycles. The number of hydrogen-bond donors (Lipinski definition) is 3. The molecule has 0 saturated heterocycles. The molecule has 0 aliphatic rings. The average molecular weight is 394 g/mol. The van der Waals surface area contributed by atoms with Crippen molar-refractivity contribution in [1.29, 1.82) is 0 Å². The molecular weight excluding hydrogens is 354 g/mol. The van der Waals surface area contributed by atoms with Crippen molar-refractivity contribution in [3.63, 3.8) is 0 Å². The largest absolute Gasteiger partial charge is 0.354 e. The van der Waals surface area contributed by atoms with Crippen molar-refractivity contribution in [2.75, 3.05) is 0 Å². The lowest BCUT2D eigenvalue weighted by atomic mass is 10.2. The van der Waals surface area contributed by atoms with Gasteiger partial charge in [0, 0.05) is 36.5 Å². The first kappa shape index (κ1) is 27.8. The first-order valence-corrected chi connectivity index (χ1v) is 9.80. The van der Waals surface area contributed by atoms with Gasteiger partial charge in [-0.1, -0.05) is 32.0 Å². The Hall–Kier alpha value is -2.37. The second-order valence-electron chi connectivity index (χ2n) is 7.67. The highest BCUT2D eigenvalue weighted by atomic mass is 16.2. The van der Waals surface area contributed by atoms with Gasteiger partial charge in [0.2, 0.25) is 11.8 Å². The second-order valence-corrected chi connectivity index (χ2v) is 7.67. The van der Waals surface area contributed by atoms with Crippen LogP contribution in [-0.2, 0) is 9.59 Å². The lowest BCUT2D eigenvalue weighted by Gasteiger charge is -2.09. The predicted octanol–water partition coefficient (Wildman–Crippen LogP) is 3.52. The normalized spacial score (nSPS) is 9.89. The lowest BCUT2D eigenvalue weighted by Crippen LogP contribution is -2.33. The van der Waals surface area contributed by atoms with E-state index in [1.54, 1.807) is 12.1 Å². The molecule has 1 aromatic carbocycles. The maximum Gasteiger partial charge on any atom is 0.251 e. The van der Waals surface area contributed by atoms with E-state index in [1.807, 2.05) is 73.6 Å². The molecule has 0 unspecified atom stereocenters. The summed E-state index contributed by atoms with van der Waals surface area (Å²) < 4.78 is 0. The van der Waals surface area contributed by atoms with Crippen molar-refractivity contribution in [1.82, 2.24) is 16.0 Å². The van der Waals surface area contributed by atoms with E-state index in [-0.39, 0.29) is 41.8 Å². The minimum atomic E-state index is -0.00870. The fourth-order valence-corrected chi connectivity index (χ4v) is 1.79. The van der Waals surface area contributed by atoms with E-state index in [1.165, 1.54) is 6.92 Å². The number of carbonyl (C=O) groups is 3. The third-order valence-corrected chi connectivity index (χ3v) is 2.90. The monoisotopic (exact) mass is 393 g/mol. The van der Waals surface area contributed by atoms with Crippen molar-refractivity contribution >= 4 is 17.7 Å². The van der Waals surface area contributed by atoms with Gasteiger partial charge in [-0.15, -0.1) is 0 Å². The molecular formula is C22H39N3O3. The van der Waals surface area contributed by atoms with Gasteiger partial charge in [0.05, 0.1) is 0 Å². The van der Waals surface area contributed by atoms with Gasteiger partial charge >= 0.3 is 0 Å². The molecule has 0 aromatic heterocycles. The van der Waals surface area contributed by atoms with E-state index in [4.69, 9.17) is 0 Å². The summed E-state index contributed by atoms with van der Waals surface area (Å²) in [5.74, 6) is 0.262.